The van der Waals surface area contributed by atoms with Gasteiger partial charge in [0.1, 0.15) is 10.2 Å². The summed E-state index contributed by atoms with van der Waals surface area (Å²) in [5.74, 6) is -0.361. The molecule has 1 aliphatic rings. The topological polar surface area (TPSA) is 52.6 Å². The number of aliphatic hydroxyl groups excluding tert-OH is 1. The minimum absolute atomic E-state index is 0.203. The maximum Gasteiger partial charge on any atom is 0.322 e. The number of carbonyl (C=O) groups is 1. The maximum atomic E-state index is 13.4. The van der Waals surface area contributed by atoms with Crippen molar-refractivity contribution in [2.45, 2.75) is 18.6 Å². The first kappa shape index (κ1) is 15.3. The molecule has 0 saturated carbocycles. The summed E-state index contributed by atoms with van der Waals surface area (Å²) in [5.41, 5.74) is 1.21. The number of aliphatic hydroxyl groups is 1. The molecule has 22 heavy (non-hydrogen) atoms. The lowest BCUT2D eigenvalue weighted by molar-refractivity contribution is 0.175. The van der Waals surface area contributed by atoms with Gasteiger partial charge in [0.2, 0.25) is 0 Å². The predicted molar refractivity (Wildman–Crippen MR) is 84.8 cm³/mol. The number of nitrogens with one attached hydrogen (secondary N) is 1. The smallest absolute Gasteiger partial charge is 0.322 e. The predicted octanol–water partition coefficient (Wildman–Crippen LogP) is 3.88. The lowest BCUT2D eigenvalue weighted by Gasteiger charge is -2.25. The quantitative estimate of drug-likeness (QED) is 0.871. The Morgan fingerprint density at radius 1 is 1.45 bits per heavy atom. The summed E-state index contributed by atoms with van der Waals surface area (Å²) < 4.78 is 13.9. The Bertz CT molecular complexity index is 694. The highest BCUT2D eigenvalue weighted by Gasteiger charge is 2.35. The minimum Gasteiger partial charge on any atom is -0.391 e. The third-order valence-corrected chi connectivity index (χ3v) is 4.80. The lowest BCUT2D eigenvalue weighted by Crippen LogP contribution is -2.35. The number of halogens is 2. The van der Waals surface area contributed by atoms with Gasteiger partial charge >= 0.3 is 6.03 Å². The second-order valence-electron chi connectivity index (χ2n) is 5.15. The fraction of sp³-hybridized carbons (Fsp3) is 0.267. The van der Waals surface area contributed by atoms with Crippen LogP contribution in [0.25, 0.3) is 0 Å². The Morgan fingerprint density at radius 3 is 2.95 bits per heavy atom. The summed E-state index contributed by atoms with van der Waals surface area (Å²) >= 11 is 7.30. The number of urea groups is 1. The molecule has 4 nitrogen and oxygen atoms in total. The van der Waals surface area contributed by atoms with Crippen LogP contribution in [-0.2, 0) is 0 Å². The summed E-state index contributed by atoms with van der Waals surface area (Å²) in [7, 11) is 0. The van der Waals surface area contributed by atoms with Crippen LogP contribution in [0.3, 0.4) is 0 Å². The molecule has 1 saturated heterocycles. The largest absolute Gasteiger partial charge is 0.391 e. The van der Waals surface area contributed by atoms with E-state index in [1.165, 1.54) is 28.4 Å². The average molecular weight is 341 g/mol. The first-order valence-corrected chi connectivity index (χ1v) is 8.04. The zero-order valence-electron chi connectivity index (χ0n) is 11.5. The van der Waals surface area contributed by atoms with Crippen molar-refractivity contribution in [1.82, 2.24) is 4.90 Å². The van der Waals surface area contributed by atoms with Crippen LogP contribution in [0.2, 0.25) is 4.34 Å². The van der Waals surface area contributed by atoms with Gasteiger partial charge in [-0.15, -0.1) is 11.3 Å². The van der Waals surface area contributed by atoms with E-state index in [-0.39, 0.29) is 24.4 Å². The molecule has 0 radical (unpaired) electrons. The number of benzene rings is 1. The fourth-order valence-corrected chi connectivity index (χ4v) is 3.47. The minimum atomic E-state index is -0.628. The summed E-state index contributed by atoms with van der Waals surface area (Å²) in [5, 5.41) is 14.4. The fourth-order valence-electron chi connectivity index (χ4n) is 2.64. The molecule has 0 spiro atoms. The molecule has 2 aromatic rings. The van der Waals surface area contributed by atoms with E-state index in [1.54, 1.807) is 23.6 Å². The van der Waals surface area contributed by atoms with Crippen molar-refractivity contribution in [3.8, 4) is 0 Å². The van der Waals surface area contributed by atoms with Crippen molar-refractivity contribution in [3.05, 3.63) is 51.4 Å². The van der Waals surface area contributed by atoms with E-state index in [4.69, 9.17) is 11.6 Å². The highest BCUT2D eigenvalue weighted by molar-refractivity contribution is 7.15. The number of rotatable bonds is 2. The zero-order chi connectivity index (χ0) is 15.7. The lowest BCUT2D eigenvalue weighted by atomic mass is 10.0. The SMILES string of the molecule is O=C(Nc1ccsc1Cl)N1C[C@H](O)C[C@@H]1c1cccc(F)c1. The molecule has 0 aliphatic carbocycles. The molecule has 2 atom stereocenters. The molecule has 1 aromatic carbocycles. The Labute approximate surface area is 136 Å². The van der Waals surface area contributed by atoms with Gasteiger partial charge in [0, 0.05) is 6.54 Å². The molecule has 2 amide bonds. The number of β-amino-alcohol motifs (C(OH)–C–C–N with tert-alkyl or cyclic N) is 1. The van der Waals surface area contributed by atoms with Crippen LogP contribution in [0, 0.1) is 5.82 Å². The van der Waals surface area contributed by atoms with Gasteiger partial charge in [-0.3, -0.25) is 0 Å². The van der Waals surface area contributed by atoms with Crippen LogP contribution in [0.5, 0.6) is 0 Å². The normalized spacial score (nSPS) is 21.1. The molecule has 0 unspecified atom stereocenters. The molecule has 0 bridgehead atoms. The third-order valence-electron chi connectivity index (χ3n) is 3.63. The van der Waals surface area contributed by atoms with Gasteiger partial charge in [-0.25, -0.2) is 9.18 Å². The number of amides is 2. The van der Waals surface area contributed by atoms with Crippen LogP contribution in [0.15, 0.2) is 35.7 Å². The maximum absolute atomic E-state index is 13.4. The van der Waals surface area contributed by atoms with Crippen molar-refractivity contribution < 1.29 is 14.3 Å². The van der Waals surface area contributed by atoms with E-state index in [0.29, 0.717) is 22.0 Å². The van der Waals surface area contributed by atoms with Crippen LogP contribution in [-0.4, -0.2) is 28.7 Å². The van der Waals surface area contributed by atoms with E-state index in [1.807, 2.05) is 0 Å². The Morgan fingerprint density at radius 2 is 2.27 bits per heavy atom. The van der Waals surface area contributed by atoms with Crippen LogP contribution in [0.1, 0.15) is 18.0 Å². The molecular weight excluding hydrogens is 327 g/mol. The molecular formula is C15H14ClFN2O2S. The first-order chi connectivity index (χ1) is 10.5. The van der Waals surface area contributed by atoms with Gasteiger partial charge < -0.3 is 15.3 Å². The standard InChI is InChI=1S/C15H14ClFN2O2S/c16-14-12(4-5-22-14)18-15(21)19-8-11(20)7-13(19)9-2-1-3-10(17)6-9/h1-6,11,13,20H,7-8H2,(H,18,21)/t11-,13-/m1/s1. The molecule has 3 rings (SSSR count). The summed E-state index contributed by atoms with van der Waals surface area (Å²) in [6.07, 6.45) is -0.245. The summed E-state index contributed by atoms with van der Waals surface area (Å²) in [6, 6.07) is 7.10. The van der Waals surface area contributed by atoms with Gasteiger partial charge in [-0.05, 0) is 35.6 Å². The molecule has 1 aliphatic heterocycles. The molecule has 1 fully saturated rings. The molecule has 2 N–H and O–H groups in total. The van der Waals surface area contributed by atoms with Crippen molar-refractivity contribution in [2.24, 2.45) is 0 Å². The van der Waals surface area contributed by atoms with Gasteiger partial charge in [0.15, 0.2) is 0 Å². The Balaban J connectivity index is 1.81. The van der Waals surface area contributed by atoms with Crippen molar-refractivity contribution in [1.29, 1.82) is 0 Å². The van der Waals surface area contributed by atoms with E-state index in [2.05, 4.69) is 5.32 Å². The number of hydrogen-bond donors (Lipinski definition) is 2. The number of anilines is 1. The second-order valence-corrected chi connectivity index (χ2v) is 6.67. The monoisotopic (exact) mass is 340 g/mol. The summed E-state index contributed by atoms with van der Waals surface area (Å²) in [6.45, 7) is 0.203. The van der Waals surface area contributed by atoms with E-state index < -0.39 is 6.10 Å². The molecule has 7 heteroatoms. The number of thiophene rings is 1. The number of carbonyl (C=O) groups excluding carboxylic acids is 1. The third kappa shape index (κ3) is 3.09. The van der Waals surface area contributed by atoms with E-state index >= 15 is 0 Å². The van der Waals surface area contributed by atoms with E-state index in [9.17, 15) is 14.3 Å². The highest BCUT2D eigenvalue weighted by Crippen LogP contribution is 2.34. The van der Waals surface area contributed by atoms with Gasteiger partial charge in [-0.1, -0.05) is 23.7 Å². The number of likely N-dealkylation sites (tertiary alicyclic amines) is 1. The van der Waals surface area contributed by atoms with Crippen LogP contribution >= 0.6 is 22.9 Å². The van der Waals surface area contributed by atoms with Gasteiger partial charge in [0.25, 0.3) is 0 Å². The van der Waals surface area contributed by atoms with Gasteiger partial charge in [0.05, 0.1) is 17.8 Å². The summed E-state index contributed by atoms with van der Waals surface area (Å²) in [4.78, 5) is 13.9. The Kier molecular flexibility index (Phi) is 4.33. The molecule has 116 valence electrons. The van der Waals surface area contributed by atoms with Crippen molar-refractivity contribution in [2.75, 3.05) is 11.9 Å². The highest BCUT2D eigenvalue weighted by atomic mass is 35.5. The van der Waals surface area contributed by atoms with Crippen molar-refractivity contribution in [3.63, 3.8) is 0 Å². The van der Waals surface area contributed by atoms with Gasteiger partial charge in [-0.2, -0.15) is 0 Å². The first-order valence-electron chi connectivity index (χ1n) is 6.78. The van der Waals surface area contributed by atoms with E-state index in [0.717, 1.165) is 0 Å². The number of hydrogen-bond acceptors (Lipinski definition) is 3. The average Bonchev–Trinajstić information content (AvgIpc) is 3.05. The zero-order valence-corrected chi connectivity index (χ0v) is 13.1. The number of nitrogens with zero attached hydrogens (tertiary/aromatic N) is 1. The van der Waals surface area contributed by atoms with Crippen LogP contribution < -0.4 is 5.32 Å². The van der Waals surface area contributed by atoms with Crippen LogP contribution in [0.4, 0.5) is 14.9 Å². The molecule has 1 aromatic heterocycles. The second kappa shape index (κ2) is 6.24. The molecule has 2 heterocycles. The Hall–Kier alpha value is -1.63. The van der Waals surface area contributed by atoms with Crippen molar-refractivity contribution >= 4 is 34.7 Å².